The summed E-state index contributed by atoms with van der Waals surface area (Å²) in [6, 6.07) is 0. The molecule has 0 saturated carbocycles. The third-order valence-electron chi connectivity index (χ3n) is 3.30. The Morgan fingerprint density at radius 2 is 1.90 bits per heavy atom. The molecule has 0 aliphatic rings. The Morgan fingerprint density at radius 3 is 2.33 bits per heavy atom. The lowest BCUT2D eigenvalue weighted by molar-refractivity contribution is -0.0124. The number of hydrogen-bond donors (Lipinski definition) is 0. The standard InChI is InChI=1S/C18H33NOS/c1-9-13-20-18(7,8)11-12-19(10-2)14-21-17(15(3)4)16(5)6/h9H,1,3,10-14H2,2,4-8H3. The van der Waals surface area contributed by atoms with E-state index >= 15 is 0 Å². The van der Waals surface area contributed by atoms with Crippen LogP contribution >= 0.6 is 11.8 Å². The van der Waals surface area contributed by atoms with Crippen molar-refractivity contribution in [2.45, 2.75) is 53.6 Å². The first kappa shape index (κ1) is 20.5. The van der Waals surface area contributed by atoms with E-state index in [1.807, 2.05) is 17.8 Å². The molecule has 0 heterocycles. The molecule has 0 aliphatic heterocycles. The second-order valence-electron chi connectivity index (χ2n) is 6.20. The summed E-state index contributed by atoms with van der Waals surface area (Å²) in [5, 5.41) is 0. The Labute approximate surface area is 136 Å². The highest BCUT2D eigenvalue weighted by Gasteiger charge is 2.19. The van der Waals surface area contributed by atoms with Gasteiger partial charge in [-0.1, -0.05) is 25.2 Å². The topological polar surface area (TPSA) is 12.5 Å². The van der Waals surface area contributed by atoms with Gasteiger partial charge < -0.3 is 4.74 Å². The SMILES string of the molecule is C=CCOC(C)(C)CCN(CC)CSC(C(=C)C)=C(C)C. The molecule has 0 aromatic carbocycles. The van der Waals surface area contributed by atoms with E-state index in [9.17, 15) is 0 Å². The van der Waals surface area contributed by atoms with E-state index in [2.05, 4.69) is 59.6 Å². The van der Waals surface area contributed by atoms with Gasteiger partial charge in [-0.15, -0.1) is 18.3 Å². The van der Waals surface area contributed by atoms with Gasteiger partial charge in [0.05, 0.1) is 12.2 Å². The molecule has 3 heteroatoms. The molecule has 0 aliphatic carbocycles. The molecule has 0 saturated heterocycles. The average molecular weight is 312 g/mol. The van der Waals surface area contributed by atoms with Crippen molar-refractivity contribution in [3.05, 3.63) is 35.3 Å². The minimum absolute atomic E-state index is 0.0972. The molecule has 0 aromatic heterocycles. The molecular formula is C18H33NOS. The van der Waals surface area contributed by atoms with Gasteiger partial charge in [0, 0.05) is 17.3 Å². The van der Waals surface area contributed by atoms with Crippen molar-refractivity contribution in [2.24, 2.45) is 0 Å². The molecule has 0 N–H and O–H groups in total. The Morgan fingerprint density at radius 1 is 1.29 bits per heavy atom. The van der Waals surface area contributed by atoms with Crippen LogP contribution in [0, 0.1) is 0 Å². The molecule has 2 nitrogen and oxygen atoms in total. The molecule has 0 fully saturated rings. The fraction of sp³-hybridized carbons (Fsp3) is 0.667. The van der Waals surface area contributed by atoms with Crippen LogP contribution in [0.1, 0.15) is 48.0 Å². The lowest BCUT2D eigenvalue weighted by atomic mass is 10.1. The summed E-state index contributed by atoms with van der Waals surface area (Å²) in [5.41, 5.74) is 2.41. The molecule has 0 spiro atoms. The fourth-order valence-electron chi connectivity index (χ4n) is 1.95. The molecule has 21 heavy (non-hydrogen) atoms. The minimum atomic E-state index is -0.0972. The van der Waals surface area contributed by atoms with Gasteiger partial charge >= 0.3 is 0 Å². The summed E-state index contributed by atoms with van der Waals surface area (Å²) in [6.45, 7) is 23.4. The number of nitrogens with zero attached hydrogens (tertiary/aromatic N) is 1. The van der Waals surface area contributed by atoms with Gasteiger partial charge in [0.25, 0.3) is 0 Å². The maximum atomic E-state index is 5.80. The zero-order chi connectivity index (χ0) is 16.5. The van der Waals surface area contributed by atoms with Gasteiger partial charge in [-0.25, -0.2) is 0 Å². The second-order valence-corrected chi connectivity index (χ2v) is 7.16. The molecule has 122 valence electrons. The lowest BCUT2D eigenvalue weighted by Crippen LogP contribution is -2.33. The highest BCUT2D eigenvalue weighted by molar-refractivity contribution is 8.03. The van der Waals surface area contributed by atoms with E-state index < -0.39 is 0 Å². The molecule has 0 atom stereocenters. The number of thioether (sulfide) groups is 1. The predicted octanol–water partition coefficient (Wildman–Crippen LogP) is 5.24. The molecule has 0 unspecified atom stereocenters. The van der Waals surface area contributed by atoms with Crippen molar-refractivity contribution in [3.8, 4) is 0 Å². The maximum absolute atomic E-state index is 5.80. The summed E-state index contributed by atoms with van der Waals surface area (Å²) in [4.78, 5) is 3.78. The molecule has 0 amide bonds. The van der Waals surface area contributed by atoms with Gasteiger partial charge in [0.15, 0.2) is 0 Å². The first-order chi connectivity index (χ1) is 9.73. The van der Waals surface area contributed by atoms with E-state index in [0.717, 1.165) is 31.0 Å². The second kappa shape index (κ2) is 10.3. The highest BCUT2D eigenvalue weighted by atomic mass is 32.2. The van der Waals surface area contributed by atoms with Crippen molar-refractivity contribution in [3.63, 3.8) is 0 Å². The van der Waals surface area contributed by atoms with Crippen LogP contribution in [0.15, 0.2) is 35.3 Å². The zero-order valence-electron chi connectivity index (χ0n) is 14.8. The van der Waals surface area contributed by atoms with Gasteiger partial charge in [-0.05, 0) is 53.2 Å². The minimum Gasteiger partial charge on any atom is -0.371 e. The maximum Gasteiger partial charge on any atom is 0.0652 e. The first-order valence-corrected chi connectivity index (χ1v) is 8.65. The van der Waals surface area contributed by atoms with Crippen LogP contribution in [0.4, 0.5) is 0 Å². The third-order valence-corrected chi connectivity index (χ3v) is 4.84. The van der Waals surface area contributed by atoms with Crippen molar-refractivity contribution in [1.29, 1.82) is 0 Å². The number of allylic oxidation sites excluding steroid dienone is 2. The van der Waals surface area contributed by atoms with E-state index in [4.69, 9.17) is 4.74 Å². The number of hydrogen-bond acceptors (Lipinski definition) is 3. The van der Waals surface area contributed by atoms with Crippen LogP contribution < -0.4 is 0 Å². The summed E-state index contributed by atoms with van der Waals surface area (Å²) in [5.74, 6) is 1.00. The quantitative estimate of drug-likeness (QED) is 0.294. The lowest BCUT2D eigenvalue weighted by Gasteiger charge is -2.29. The zero-order valence-corrected chi connectivity index (χ0v) is 15.6. The van der Waals surface area contributed by atoms with Crippen LogP contribution in [0.25, 0.3) is 0 Å². The predicted molar refractivity (Wildman–Crippen MR) is 97.7 cm³/mol. The van der Waals surface area contributed by atoms with E-state index in [1.165, 1.54) is 10.5 Å². The highest BCUT2D eigenvalue weighted by Crippen LogP contribution is 2.27. The molecule has 0 radical (unpaired) electrons. The Balaban J connectivity index is 4.38. The van der Waals surface area contributed by atoms with Crippen molar-refractivity contribution in [2.75, 3.05) is 25.6 Å². The monoisotopic (exact) mass is 311 g/mol. The largest absolute Gasteiger partial charge is 0.371 e. The Kier molecular flexibility index (Phi) is 10.0. The van der Waals surface area contributed by atoms with Crippen molar-refractivity contribution in [1.82, 2.24) is 4.90 Å². The van der Waals surface area contributed by atoms with Gasteiger partial charge in [-0.2, -0.15) is 0 Å². The van der Waals surface area contributed by atoms with E-state index in [0.29, 0.717) is 6.61 Å². The van der Waals surface area contributed by atoms with Gasteiger partial charge in [0.2, 0.25) is 0 Å². The summed E-state index contributed by atoms with van der Waals surface area (Å²) < 4.78 is 5.80. The van der Waals surface area contributed by atoms with E-state index in [1.54, 1.807) is 0 Å². The van der Waals surface area contributed by atoms with Crippen LogP contribution in [0.2, 0.25) is 0 Å². The number of rotatable bonds is 11. The Hall–Kier alpha value is -0.510. The van der Waals surface area contributed by atoms with E-state index in [-0.39, 0.29) is 5.60 Å². The normalized spacial score (nSPS) is 11.6. The fourth-order valence-corrected chi connectivity index (χ4v) is 3.11. The average Bonchev–Trinajstić information content (AvgIpc) is 2.39. The van der Waals surface area contributed by atoms with Crippen LogP contribution in [-0.2, 0) is 4.74 Å². The summed E-state index contributed by atoms with van der Waals surface area (Å²) in [7, 11) is 0. The van der Waals surface area contributed by atoms with Gasteiger partial charge in [-0.3, -0.25) is 4.90 Å². The molecule has 0 bridgehead atoms. The first-order valence-electron chi connectivity index (χ1n) is 7.66. The summed E-state index contributed by atoms with van der Waals surface area (Å²) >= 11 is 1.89. The van der Waals surface area contributed by atoms with Crippen molar-refractivity contribution < 1.29 is 4.74 Å². The van der Waals surface area contributed by atoms with Crippen molar-refractivity contribution >= 4 is 11.8 Å². The smallest absolute Gasteiger partial charge is 0.0652 e. The molecule has 0 rings (SSSR count). The molecule has 0 aromatic rings. The van der Waals surface area contributed by atoms with Crippen LogP contribution in [-0.4, -0.2) is 36.1 Å². The third kappa shape index (κ3) is 9.18. The molecular weight excluding hydrogens is 278 g/mol. The number of ether oxygens (including phenoxy) is 1. The van der Waals surface area contributed by atoms with Gasteiger partial charge in [0.1, 0.15) is 0 Å². The van der Waals surface area contributed by atoms with Crippen LogP contribution in [0.3, 0.4) is 0 Å². The summed E-state index contributed by atoms with van der Waals surface area (Å²) in [6.07, 6.45) is 2.83. The van der Waals surface area contributed by atoms with Crippen LogP contribution in [0.5, 0.6) is 0 Å². The Bertz CT molecular complexity index is 367.